The molecule has 0 aliphatic carbocycles. The molecule has 0 aliphatic rings. The fraction of sp³-hybridized carbons (Fsp3) is 0.400. The van der Waals surface area contributed by atoms with E-state index in [1.54, 1.807) is 25.1 Å². The van der Waals surface area contributed by atoms with Gasteiger partial charge in [-0.1, -0.05) is 6.07 Å². The Labute approximate surface area is 100 Å². The summed E-state index contributed by atoms with van der Waals surface area (Å²) >= 11 is 0. The second-order valence-electron chi connectivity index (χ2n) is 3.64. The Morgan fingerprint density at radius 2 is 2.18 bits per heavy atom. The molecule has 1 aromatic rings. The number of pyridine rings is 1. The van der Waals surface area contributed by atoms with Crippen molar-refractivity contribution in [2.45, 2.75) is 13.3 Å². The molecule has 0 spiro atoms. The quantitative estimate of drug-likeness (QED) is 0.713. The van der Waals surface area contributed by atoms with E-state index in [1.165, 1.54) is 0 Å². The lowest BCUT2D eigenvalue weighted by molar-refractivity contribution is 0.0948. The first-order valence-electron chi connectivity index (χ1n) is 5.11. The number of aryl methyl sites for hydroxylation is 1. The van der Waals surface area contributed by atoms with E-state index in [1.807, 2.05) is 0 Å². The maximum atomic E-state index is 11.6. The summed E-state index contributed by atoms with van der Waals surface area (Å²) in [7, 11) is -3.46. The van der Waals surface area contributed by atoms with E-state index in [4.69, 9.17) is 5.14 Å². The minimum absolute atomic E-state index is 0.144. The molecule has 0 atom stereocenters. The number of carbonyl (C=O) groups excluding carboxylic acids is 1. The molecule has 0 unspecified atom stereocenters. The van der Waals surface area contributed by atoms with Gasteiger partial charge >= 0.3 is 0 Å². The van der Waals surface area contributed by atoms with Crippen LogP contribution in [-0.4, -0.2) is 31.6 Å². The zero-order valence-electron chi connectivity index (χ0n) is 9.51. The van der Waals surface area contributed by atoms with E-state index in [0.29, 0.717) is 5.69 Å². The Morgan fingerprint density at radius 3 is 2.76 bits per heavy atom. The summed E-state index contributed by atoms with van der Waals surface area (Å²) in [5, 5.41) is 7.41. The summed E-state index contributed by atoms with van der Waals surface area (Å²) in [5.74, 6) is -0.461. The van der Waals surface area contributed by atoms with Crippen LogP contribution in [0, 0.1) is 6.92 Å². The molecular formula is C10H15N3O3S. The number of nitrogens with zero attached hydrogens (tertiary/aromatic N) is 1. The molecule has 0 radical (unpaired) electrons. The van der Waals surface area contributed by atoms with Gasteiger partial charge in [-0.25, -0.2) is 18.5 Å². The topological polar surface area (TPSA) is 102 Å². The van der Waals surface area contributed by atoms with Crippen molar-refractivity contribution in [1.29, 1.82) is 0 Å². The van der Waals surface area contributed by atoms with E-state index < -0.39 is 10.0 Å². The van der Waals surface area contributed by atoms with E-state index in [0.717, 1.165) is 5.69 Å². The molecule has 0 aromatic carbocycles. The van der Waals surface area contributed by atoms with Crippen LogP contribution in [-0.2, 0) is 10.0 Å². The molecule has 0 bridgehead atoms. The lowest BCUT2D eigenvalue weighted by Gasteiger charge is -2.04. The number of hydrogen-bond acceptors (Lipinski definition) is 4. The highest BCUT2D eigenvalue weighted by Crippen LogP contribution is 1.97. The summed E-state index contributed by atoms with van der Waals surface area (Å²) in [4.78, 5) is 15.6. The molecule has 1 heterocycles. The van der Waals surface area contributed by atoms with Crippen molar-refractivity contribution in [3.05, 3.63) is 29.6 Å². The summed E-state index contributed by atoms with van der Waals surface area (Å²) < 4.78 is 21.3. The van der Waals surface area contributed by atoms with E-state index in [9.17, 15) is 13.2 Å². The van der Waals surface area contributed by atoms with Crippen molar-refractivity contribution in [2.75, 3.05) is 12.3 Å². The van der Waals surface area contributed by atoms with Gasteiger partial charge in [0.15, 0.2) is 0 Å². The molecule has 0 fully saturated rings. The van der Waals surface area contributed by atoms with Crippen LogP contribution in [0.2, 0.25) is 0 Å². The third-order valence-electron chi connectivity index (χ3n) is 2.01. The van der Waals surface area contributed by atoms with Crippen LogP contribution < -0.4 is 10.5 Å². The van der Waals surface area contributed by atoms with E-state index >= 15 is 0 Å². The maximum absolute atomic E-state index is 11.6. The number of rotatable bonds is 5. The van der Waals surface area contributed by atoms with Crippen molar-refractivity contribution in [1.82, 2.24) is 10.3 Å². The highest BCUT2D eigenvalue weighted by molar-refractivity contribution is 7.89. The molecule has 1 aromatic heterocycles. The summed E-state index contributed by atoms with van der Waals surface area (Å²) in [6.07, 6.45) is 0.288. The van der Waals surface area contributed by atoms with Crippen molar-refractivity contribution in [3.8, 4) is 0 Å². The smallest absolute Gasteiger partial charge is 0.269 e. The van der Waals surface area contributed by atoms with Crippen molar-refractivity contribution in [2.24, 2.45) is 5.14 Å². The lowest BCUT2D eigenvalue weighted by atomic mass is 10.3. The standard InChI is InChI=1S/C10H15N3O3S/c1-8-4-2-5-9(13-8)10(14)12-6-3-7-17(11,15)16/h2,4-5H,3,6-7H2,1H3,(H,12,14)(H2,11,15,16). The molecule has 94 valence electrons. The Kier molecular flexibility index (Phi) is 4.59. The normalized spacial score (nSPS) is 11.2. The van der Waals surface area contributed by atoms with Gasteiger partial charge in [-0.3, -0.25) is 4.79 Å². The van der Waals surface area contributed by atoms with Gasteiger partial charge in [-0.2, -0.15) is 0 Å². The van der Waals surface area contributed by atoms with Crippen LogP contribution >= 0.6 is 0 Å². The molecule has 0 saturated carbocycles. The number of primary sulfonamides is 1. The van der Waals surface area contributed by atoms with Crippen LogP contribution in [0.5, 0.6) is 0 Å². The monoisotopic (exact) mass is 257 g/mol. The second kappa shape index (κ2) is 5.74. The molecule has 0 saturated heterocycles. The number of amides is 1. The molecule has 6 nitrogen and oxygen atoms in total. The fourth-order valence-electron chi connectivity index (χ4n) is 1.24. The number of sulfonamides is 1. The van der Waals surface area contributed by atoms with Crippen molar-refractivity contribution < 1.29 is 13.2 Å². The van der Waals surface area contributed by atoms with Crippen LogP contribution in [0.1, 0.15) is 22.6 Å². The summed E-state index contributed by atoms with van der Waals surface area (Å²) in [6, 6.07) is 5.13. The average molecular weight is 257 g/mol. The Balaban J connectivity index is 2.41. The van der Waals surface area contributed by atoms with Crippen molar-refractivity contribution >= 4 is 15.9 Å². The molecule has 3 N–H and O–H groups in total. The van der Waals surface area contributed by atoms with Crippen LogP contribution in [0.4, 0.5) is 0 Å². The first kappa shape index (κ1) is 13.6. The number of nitrogens with one attached hydrogen (secondary N) is 1. The van der Waals surface area contributed by atoms with Gasteiger partial charge in [0, 0.05) is 12.2 Å². The minimum atomic E-state index is -3.46. The van der Waals surface area contributed by atoms with Gasteiger partial charge < -0.3 is 5.32 Å². The van der Waals surface area contributed by atoms with Gasteiger partial charge in [0.05, 0.1) is 5.75 Å². The van der Waals surface area contributed by atoms with Crippen LogP contribution in [0.15, 0.2) is 18.2 Å². The highest BCUT2D eigenvalue weighted by atomic mass is 32.2. The number of carbonyl (C=O) groups is 1. The number of nitrogens with two attached hydrogens (primary N) is 1. The van der Waals surface area contributed by atoms with Gasteiger partial charge in [0.2, 0.25) is 10.0 Å². The molecule has 0 aliphatic heterocycles. The Bertz CT molecular complexity index is 499. The largest absolute Gasteiger partial charge is 0.351 e. The highest BCUT2D eigenvalue weighted by Gasteiger charge is 2.07. The maximum Gasteiger partial charge on any atom is 0.269 e. The molecule has 7 heteroatoms. The molecule has 1 rings (SSSR count). The van der Waals surface area contributed by atoms with Crippen molar-refractivity contribution in [3.63, 3.8) is 0 Å². The Hall–Kier alpha value is -1.47. The zero-order valence-corrected chi connectivity index (χ0v) is 10.3. The van der Waals surface area contributed by atoms with E-state index in [-0.39, 0.29) is 24.6 Å². The van der Waals surface area contributed by atoms with E-state index in [2.05, 4.69) is 10.3 Å². The van der Waals surface area contributed by atoms with Gasteiger partial charge in [0.1, 0.15) is 5.69 Å². The molecule has 17 heavy (non-hydrogen) atoms. The first-order valence-corrected chi connectivity index (χ1v) is 6.82. The third-order valence-corrected chi connectivity index (χ3v) is 2.87. The molecule has 1 amide bonds. The summed E-state index contributed by atoms with van der Waals surface area (Å²) in [5.41, 5.74) is 1.07. The number of hydrogen-bond donors (Lipinski definition) is 2. The SMILES string of the molecule is Cc1cccc(C(=O)NCCCS(N)(=O)=O)n1. The first-order chi connectivity index (χ1) is 7.88. The van der Waals surface area contributed by atoms with Crippen LogP contribution in [0.3, 0.4) is 0 Å². The zero-order chi connectivity index (χ0) is 12.9. The predicted octanol–water partition coefficient (Wildman–Crippen LogP) is -0.202. The third kappa shape index (κ3) is 5.41. The number of aromatic nitrogens is 1. The average Bonchev–Trinajstić information content (AvgIpc) is 2.23. The molecular weight excluding hydrogens is 242 g/mol. The van der Waals surface area contributed by atoms with Gasteiger partial charge in [0.25, 0.3) is 5.91 Å². The Morgan fingerprint density at radius 1 is 1.47 bits per heavy atom. The lowest BCUT2D eigenvalue weighted by Crippen LogP contribution is -2.28. The minimum Gasteiger partial charge on any atom is -0.351 e. The summed E-state index contributed by atoms with van der Waals surface area (Å²) in [6.45, 7) is 2.04. The predicted molar refractivity (Wildman–Crippen MR) is 63.9 cm³/mol. The van der Waals surface area contributed by atoms with Gasteiger partial charge in [-0.15, -0.1) is 0 Å². The fourth-order valence-corrected chi connectivity index (χ4v) is 1.78. The second-order valence-corrected chi connectivity index (χ2v) is 5.37. The van der Waals surface area contributed by atoms with Crippen LogP contribution in [0.25, 0.3) is 0 Å². The van der Waals surface area contributed by atoms with Gasteiger partial charge in [-0.05, 0) is 25.5 Å².